The number of pyridine rings is 1. The van der Waals surface area contributed by atoms with Gasteiger partial charge in [0.1, 0.15) is 10.6 Å². The van der Waals surface area contributed by atoms with Crippen LogP contribution in [0.3, 0.4) is 0 Å². The second-order valence-corrected chi connectivity index (χ2v) is 3.45. The van der Waals surface area contributed by atoms with Gasteiger partial charge in [-0.15, -0.1) is 34.0 Å². The van der Waals surface area contributed by atoms with Gasteiger partial charge in [-0.1, -0.05) is 0 Å². The summed E-state index contributed by atoms with van der Waals surface area (Å²) in [4.78, 5) is 14.4. The molecule has 86 valence electrons. The highest BCUT2D eigenvalue weighted by Crippen LogP contribution is 2.09. The van der Waals surface area contributed by atoms with Crippen molar-refractivity contribution >= 4 is 55.9 Å². The summed E-state index contributed by atoms with van der Waals surface area (Å²) in [5, 5.41) is 8.56. The molecule has 1 unspecified atom stereocenters. The van der Waals surface area contributed by atoms with Crippen molar-refractivity contribution in [1.82, 2.24) is 4.98 Å². The van der Waals surface area contributed by atoms with E-state index >= 15 is 0 Å². The Hall–Kier alpha value is 0.0200. The van der Waals surface area contributed by atoms with E-state index in [2.05, 4.69) is 20.9 Å². The molecule has 1 aromatic rings. The van der Waals surface area contributed by atoms with Gasteiger partial charge in [-0.25, -0.2) is 4.98 Å². The molecule has 4 nitrogen and oxygen atoms in total. The minimum Gasteiger partial charge on any atom is -0.480 e. The van der Waals surface area contributed by atoms with Crippen LogP contribution < -0.4 is 5.73 Å². The highest BCUT2D eigenvalue weighted by Gasteiger charge is 2.11. The summed E-state index contributed by atoms with van der Waals surface area (Å²) in [6.45, 7) is 0. The average molecular weight is 407 g/mol. The van der Waals surface area contributed by atoms with Gasteiger partial charge in [0.25, 0.3) is 0 Å². The Kier molecular flexibility index (Phi) is 9.53. The Morgan fingerprint density at radius 2 is 2.20 bits per heavy atom. The Morgan fingerprint density at radius 1 is 1.60 bits per heavy atom. The zero-order valence-corrected chi connectivity index (χ0v) is 12.6. The molecular formula is C8H11Br3N2O2. The molecule has 0 saturated heterocycles. The molecule has 0 spiro atoms. The lowest BCUT2D eigenvalue weighted by Gasteiger charge is -2.05. The lowest BCUT2D eigenvalue weighted by atomic mass is 10.1. The number of rotatable bonds is 3. The third-order valence-corrected chi connectivity index (χ3v) is 2.00. The lowest BCUT2D eigenvalue weighted by molar-refractivity contribution is -0.138. The maximum absolute atomic E-state index is 10.4. The second kappa shape index (κ2) is 8.20. The molecule has 0 fully saturated rings. The van der Waals surface area contributed by atoms with Crippen LogP contribution in [-0.4, -0.2) is 22.1 Å². The Bertz CT molecular complexity index is 323. The van der Waals surface area contributed by atoms with Gasteiger partial charge in [0, 0.05) is 6.20 Å². The van der Waals surface area contributed by atoms with E-state index in [0.29, 0.717) is 11.0 Å². The van der Waals surface area contributed by atoms with Crippen LogP contribution in [-0.2, 0) is 11.2 Å². The predicted octanol–water partition coefficient (Wildman–Crippen LogP) is 1.95. The number of carboxylic acids is 1. The van der Waals surface area contributed by atoms with Crippen LogP contribution >= 0.6 is 49.9 Å². The number of aromatic nitrogens is 1. The van der Waals surface area contributed by atoms with Gasteiger partial charge < -0.3 is 10.8 Å². The van der Waals surface area contributed by atoms with Gasteiger partial charge in [-0.3, -0.25) is 4.79 Å². The molecule has 0 aliphatic heterocycles. The third-order valence-electron chi connectivity index (χ3n) is 1.56. The summed E-state index contributed by atoms with van der Waals surface area (Å²) in [5.41, 5.74) is 6.22. The summed E-state index contributed by atoms with van der Waals surface area (Å²) in [6, 6.07) is 2.64. The molecule has 1 rings (SSSR count). The Morgan fingerprint density at radius 3 is 2.67 bits per heavy atom. The van der Waals surface area contributed by atoms with Crippen molar-refractivity contribution in [1.29, 1.82) is 0 Å². The first-order valence-corrected chi connectivity index (χ1v) is 4.47. The van der Waals surface area contributed by atoms with Gasteiger partial charge in [0.15, 0.2) is 0 Å². The van der Waals surface area contributed by atoms with E-state index in [4.69, 9.17) is 10.8 Å². The lowest BCUT2D eigenvalue weighted by Crippen LogP contribution is -2.32. The molecule has 0 aliphatic carbocycles. The standard InChI is InChI=1S/C8H9BrN2O2.2BrH/c9-7-4-5(1-2-11-7)3-6(10)8(12)13;;/h1-2,4,6H,3,10H2,(H,12,13);2*1H. The van der Waals surface area contributed by atoms with Crippen molar-refractivity contribution < 1.29 is 9.90 Å². The molecule has 0 bridgehead atoms. The average Bonchev–Trinajstić information content (AvgIpc) is 2.04. The van der Waals surface area contributed by atoms with Crippen LogP contribution in [0.5, 0.6) is 0 Å². The van der Waals surface area contributed by atoms with Gasteiger partial charge in [-0.2, -0.15) is 0 Å². The fourth-order valence-electron chi connectivity index (χ4n) is 0.911. The fourth-order valence-corrected chi connectivity index (χ4v) is 1.32. The third kappa shape index (κ3) is 6.24. The van der Waals surface area contributed by atoms with E-state index in [0.717, 1.165) is 5.56 Å². The maximum Gasteiger partial charge on any atom is 0.320 e. The van der Waals surface area contributed by atoms with Crippen molar-refractivity contribution in [3.63, 3.8) is 0 Å². The van der Waals surface area contributed by atoms with Crippen molar-refractivity contribution in [2.75, 3.05) is 0 Å². The van der Waals surface area contributed by atoms with E-state index in [1.54, 1.807) is 18.3 Å². The summed E-state index contributed by atoms with van der Waals surface area (Å²) in [6.07, 6.45) is 1.92. The summed E-state index contributed by atoms with van der Waals surface area (Å²) >= 11 is 3.19. The van der Waals surface area contributed by atoms with E-state index in [9.17, 15) is 4.79 Å². The van der Waals surface area contributed by atoms with E-state index in [1.165, 1.54) is 0 Å². The van der Waals surface area contributed by atoms with Gasteiger partial charge in [-0.05, 0) is 40.0 Å². The number of carbonyl (C=O) groups is 1. The first kappa shape index (κ1) is 17.4. The highest BCUT2D eigenvalue weighted by molar-refractivity contribution is 9.10. The number of aliphatic carboxylic acids is 1. The molecule has 0 amide bonds. The number of halogens is 3. The topological polar surface area (TPSA) is 76.2 Å². The quantitative estimate of drug-likeness (QED) is 0.752. The minimum atomic E-state index is -0.993. The van der Waals surface area contributed by atoms with Crippen LogP contribution in [0.4, 0.5) is 0 Å². The number of carboxylic acid groups (broad SMARTS) is 1. The predicted molar refractivity (Wildman–Crippen MR) is 71.9 cm³/mol. The molecule has 3 N–H and O–H groups in total. The van der Waals surface area contributed by atoms with Crippen LogP contribution in [0.1, 0.15) is 5.56 Å². The fraction of sp³-hybridized carbons (Fsp3) is 0.250. The van der Waals surface area contributed by atoms with Crippen molar-refractivity contribution in [3.05, 3.63) is 28.5 Å². The summed E-state index contributed by atoms with van der Waals surface area (Å²) in [5.74, 6) is -0.993. The number of hydrogen-bond donors (Lipinski definition) is 2. The Balaban J connectivity index is 0. The smallest absolute Gasteiger partial charge is 0.320 e. The normalized spacial score (nSPS) is 10.8. The van der Waals surface area contributed by atoms with Gasteiger partial charge >= 0.3 is 5.97 Å². The van der Waals surface area contributed by atoms with E-state index < -0.39 is 12.0 Å². The molecule has 0 radical (unpaired) electrons. The zero-order chi connectivity index (χ0) is 9.84. The van der Waals surface area contributed by atoms with E-state index in [-0.39, 0.29) is 34.0 Å². The van der Waals surface area contributed by atoms with Crippen LogP contribution in [0.15, 0.2) is 22.9 Å². The van der Waals surface area contributed by atoms with Crippen molar-refractivity contribution in [3.8, 4) is 0 Å². The van der Waals surface area contributed by atoms with Crippen molar-refractivity contribution in [2.45, 2.75) is 12.5 Å². The zero-order valence-electron chi connectivity index (χ0n) is 7.59. The number of hydrogen-bond acceptors (Lipinski definition) is 3. The second-order valence-electron chi connectivity index (χ2n) is 2.64. The van der Waals surface area contributed by atoms with Crippen LogP contribution in [0, 0.1) is 0 Å². The molecule has 1 aromatic heterocycles. The SMILES string of the molecule is Br.Br.NC(Cc1ccnc(Br)c1)C(=O)O. The molecular weight excluding hydrogens is 396 g/mol. The minimum absolute atomic E-state index is 0. The van der Waals surface area contributed by atoms with Crippen LogP contribution in [0.2, 0.25) is 0 Å². The maximum atomic E-state index is 10.4. The summed E-state index contributed by atoms with van der Waals surface area (Å²) in [7, 11) is 0. The molecule has 1 heterocycles. The number of nitrogens with two attached hydrogens (primary N) is 1. The highest BCUT2D eigenvalue weighted by atomic mass is 79.9. The van der Waals surface area contributed by atoms with Crippen LogP contribution in [0.25, 0.3) is 0 Å². The Labute approximate surface area is 117 Å². The van der Waals surface area contributed by atoms with Gasteiger partial charge in [0.05, 0.1) is 0 Å². The monoisotopic (exact) mass is 404 g/mol. The molecule has 15 heavy (non-hydrogen) atoms. The number of nitrogens with zero attached hydrogens (tertiary/aromatic N) is 1. The van der Waals surface area contributed by atoms with Gasteiger partial charge in [0.2, 0.25) is 0 Å². The largest absolute Gasteiger partial charge is 0.480 e. The molecule has 0 aliphatic rings. The molecule has 7 heteroatoms. The molecule has 0 saturated carbocycles. The molecule has 1 atom stereocenters. The summed E-state index contributed by atoms with van der Waals surface area (Å²) < 4.78 is 0.683. The van der Waals surface area contributed by atoms with E-state index in [1.807, 2.05) is 0 Å². The first-order chi connectivity index (χ1) is 6.09. The molecule has 0 aromatic carbocycles. The first-order valence-electron chi connectivity index (χ1n) is 3.68. The van der Waals surface area contributed by atoms with Crippen molar-refractivity contribution in [2.24, 2.45) is 5.73 Å².